The standard InChI is InChI=1S/C18H20N2O2/c1-12(20-18(22)14-9-10-19-17(21)11-14)15-8-4-6-13-5-2-3-7-16(13)15/h2-8,12,14H,9-11H2,1H3,(H,19,21)(H,20,22). The summed E-state index contributed by atoms with van der Waals surface area (Å²) in [5, 5.41) is 8.13. The molecule has 1 aliphatic rings. The van der Waals surface area contributed by atoms with Crippen LogP contribution in [0.3, 0.4) is 0 Å². The summed E-state index contributed by atoms with van der Waals surface area (Å²) in [6.07, 6.45) is 0.994. The van der Waals surface area contributed by atoms with Crippen LogP contribution in [0.5, 0.6) is 0 Å². The molecule has 1 heterocycles. The fourth-order valence-electron chi connectivity index (χ4n) is 3.04. The topological polar surface area (TPSA) is 58.2 Å². The molecule has 4 heteroatoms. The monoisotopic (exact) mass is 296 g/mol. The number of fused-ring (bicyclic) bond motifs is 1. The Bertz CT molecular complexity index is 706. The van der Waals surface area contributed by atoms with E-state index in [1.165, 1.54) is 0 Å². The molecule has 0 aliphatic carbocycles. The lowest BCUT2D eigenvalue weighted by atomic mass is 9.95. The third-order valence-electron chi connectivity index (χ3n) is 4.27. The van der Waals surface area contributed by atoms with Crippen LogP contribution in [0.1, 0.15) is 31.4 Å². The summed E-state index contributed by atoms with van der Waals surface area (Å²) in [6, 6.07) is 14.2. The van der Waals surface area contributed by atoms with Gasteiger partial charge in [0.05, 0.1) is 6.04 Å². The molecule has 1 aliphatic heterocycles. The molecule has 2 unspecified atom stereocenters. The second-order valence-corrected chi connectivity index (χ2v) is 5.84. The van der Waals surface area contributed by atoms with Gasteiger partial charge in [0.25, 0.3) is 0 Å². The Labute approximate surface area is 129 Å². The summed E-state index contributed by atoms with van der Waals surface area (Å²) in [5.41, 5.74) is 1.10. The smallest absolute Gasteiger partial charge is 0.224 e. The van der Waals surface area contributed by atoms with E-state index in [1.807, 2.05) is 31.2 Å². The average molecular weight is 296 g/mol. The summed E-state index contributed by atoms with van der Waals surface area (Å²) in [6.45, 7) is 2.57. The molecule has 0 radical (unpaired) electrons. The van der Waals surface area contributed by atoms with E-state index < -0.39 is 0 Å². The van der Waals surface area contributed by atoms with Gasteiger partial charge in [-0.3, -0.25) is 9.59 Å². The summed E-state index contributed by atoms with van der Waals surface area (Å²) in [7, 11) is 0. The maximum atomic E-state index is 12.4. The number of nitrogens with one attached hydrogen (secondary N) is 2. The minimum Gasteiger partial charge on any atom is -0.356 e. The highest BCUT2D eigenvalue weighted by molar-refractivity contribution is 5.89. The molecule has 22 heavy (non-hydrogen) atoms. The number of rotatable bonds is 3. The molecule has 0 spiro atoms. The van der Waals surface area contributed by atoms with Crippen molar-refractivity contribution in [1.82, 2.24) is 10.6 Å². The molecule has 0 aromatic heterocycles. The maximum absolute atomic E-state index is 12.4. The fourth-order valence-corrected chi connectivity index (χ4v) is 3.04. The first-order chi connectivity index (χ1) is 10.6. The van der Waals surface area contributed by atoms with Crippen LogP contribution in [-0.4, -0.2) is 18.4 Å². The van der Waals surface area contributed by atoms with Crippen molar-refractivity contribution in [3.63, 3.8) is 0 Å². The predicted molar refractivity (Wildman–Crippen MR) is 86.2 cm³/mol. The minimum absolute atomic E-state index is 0.0321. The Morgan fingerprint density at radius 1 is 1.23 bits per heavy atom. The van der Waals surface area contributed by atoms with Crippen LogP contribution in [0.2, 0.25) is 0 Å². The van der Waals surface area contributed by atoms with Crippen molar-refractivity contribution < 1.29 is 9.59 Å². The highest BCUT2D eigenvalue weighted by Crippen LogP contribution is 2.24. The van der Waals surface area contributed by atoms with E-state index in [0.29, 0.717) is 13.0 Å². The second-order valence-electron chi connectivity index (χ2n) is 5.84. The molecule has 0 saturated carbocycles. The number of carbonyl (C=O) groups is 2. The molecule has 0 bridgehead atoms. The zero-order valence-corrected chi connectivity index (χ0v) is 12.6. The van der Waals surface area contributed by atoms with Gasteiger partial charge in [-0.05, 0) is 29.7 Å². The Morgan fingerprint density at radius 3 is 2.82 bits per heavy atom. The molecule has 2 aromatic rings. The van der Waals surface area contributed by atoms with Crippen molar-refractivity contribution >= 4 is 22.6 Å². The van der Waals surface area contributed by atoms with Crippen molar-refractivity contribution in [3.05, 3.63) is 48.0 Å². The van der Waals surface area contributed by atoms with Gasteiger partial charge in [-0.25, -0.2) is 0 Å². The second kappa shape index (κ2) is 6.18. The summed E-state index contributed by atoms with van der Waals surface area (Å²) in [5.74, 6) is -0.286. The van der Waals surface area contributed by atoms with Gasteiger partial charge in [0.2, 0.25) is 11.8 Å². The highest BCUT2D eigenvalue weighted by atomic mass is 16.2. The number of hydrogen-bond acceptors (Lipinski definition) is 2. The zero-order valence-electron chi connectivity index (χ0n) is 12.6. The molecule has 114 valence electrons. The first-order valence-electron chi connectivity index (χ1n) is 7.70. The average Bonchev–Trinajstić information content (AvgIpc) is 2.54. The van der Waals surface area contributed by atoms with Gasteiger partial charge in [0, 0.05) is 18.9 Å². The summed E-state index contributed by atoms with van der Waals surface area (Å²) < 4.78 is 0. The van der Waals surface area contributed by atoms with E-state index >= 15 is 0 Å². The van der Waals surface area contributed by atoms with Crippen LogP contribution in [0.15, 0.2) is 42.5 Å². The molecular formula is C18H20N2O2. The summed E-state index contributed by atoms with van der Waals surface area (Å²) in [4.78, 5) is 23.8. The van der Waals surface area contributed by atoms with E-state index in [1.54, 1.807) is 0 Å². The fraction of sp³-hybridized carbons (Fsp3) is 0.333. The van der Waals surface area contributed by atoms with Crippen LogP contribution < -0.4 is 10.6 Å². The van der Waals surface area contributed by atoms with Gasteiger partial charge >= 0.3 is 0 Å². The third-order valence-corrected chi connectivity index (χ3v) is 4.27. The molecule has 1 saturated heterocycles. The van der Waals surface area contributed by atoms with Crippen molar-refractivity contribution in [2.24, 2.45) is 5.92 Å². The van der Waals surface area contributed by atoms with Gasteiger partial charge in [-0.1, -0.05) is 42.5 Å². The van der Waals surface area contributed by atoms with Crippen molar-refractivity contribution in [2.45, 2.75) is 25.8 Å². The maximum Gasteiger partial charge on any atom is 0.224 e. The molecule has 2 amide bonds. The first kappa shape index (κ1) is 14.6. The van der Waals surface area contributed by atoms with Gasteiger partial charge < -0.3 is 10.6 Å². The Hall–Kier alpha value is -2.36. The normalized spacial score (nSPS) is 19.5. The molecule has 2 aromatic carbocycles. The predicted octanol–water partition coefficient (Wildman–Crippen LogP) is 2.54. The lowest BCUT2D eigenvalue weighted by Crippen LogP contribution is -2.41. The quantitative estimate of drug-likeness (QED) is 0.914. The lowest BCUT2D eigenvalue weighted by molar-refractivity contribution is -0.132. The third kappa shape index (κ3) is 2.96. The van der Waals surface area contributed by atoms with Crippen LogP contribution in [0.25, 0.3) is 10.8 Å². The van der Waals surface area contributed by atoms with Gasteiger partial charge in [-0.2, -0.15) is 0 Å². The molecule has 4 nitrogen and oxygen atoms in total. The minimum atomic E-state index is -0.217. The van der Waals surface area contributed by atoms with Crippen LogP contribution in [0.4, 0.5) is 0 Å². The zero-order chi connectivity index (χ0) is 15.5. The SMILES string of the molecule is CC(NC(=O)C1CCNC(=O)C1)c1cccc2ccccc12. The van der Waals surface area contributed by atoms with Gasteiger partial charge in [-0.15, -0.1) is 0 Å². The molecule has 1 fully saturated rings. The highest BCUT2D eigenvalue weighted by Gasteiger charge is 2.26. The largest absolute Gasteiger partial charge is 0.356 e. The lowest BCUT2D eigenvalue weighted by Gasteiger charge is -2.24. The van der Waals surface area contributed by atoms with Crippen LogP contribution in [-0.2, 0) is 9.59 Å². The van der Waals surface area contributed by atoms with E-state index in [2.05, 4.69) is 28.8 Å². The number of piperidine rings is 1. The summed E-state index contributed by atoms with van der Waals surface area (Å²) >= 11 is 0. The van der Waals surface area contributed by atoms with Crippen molar-refractivity contribution in [1.29, 1.82) is 0 Å². The number of benzene rings is 2. The number of amides is 2. The molecular weight excluding hydrogens is 276 g/mol. The number of hydrogen-bond donors (Lipinski definition) is 2. The van der Waals surface area contributed by atoms with E-state index in [9.17, 15) is 9.59 Å². The van der Waals surface area contributed by atoms with Gasteiger partial charge in [0.1, 0.15) is 0 Å². The Balaban J connectivity index is 1.77. The van der Waals surface area contributed by atoms with Crippen LogP contribution in [0, 0.1) is 5.92 Å². The van der Waals surface area contributed by atoms with Gasteiger partial charge in [0.15, 0.2) is 0 Å². The number of carbonyl (C=O) groups excluding carboxylic acids is 2. The van der Waals surface area contributed by atoms with Crippen LogP contribution >= 0.6 is 0 Å². The molecule has 2 atom stereocenters. The van der Waals surface area contributed by atoms with E-state index in [0.717, 1.165) is 16.3 Å². The first-order valence-corrected chi connectivity index (χ1v) is 7.70. The van der Waals surface area contributed by atoms with E-state index in [-0.39, 0.29) is 30.2 Å². The van der Waals surface area contributed by atoms with Crippen molar-refractivity contribution in [2.75, 3.05) is 6.54 Å². The molecule has 2 N–H and O–H groups in total. The Kier molecular flexibility index (Phi) is 4.09. The Morgan fingerprint density at radius 2 is 2.00 bits per heavy atom. The molecule has 3 rings (SSSR count). The van der Waals surface area contributed by atoms with Crippen molar-refractivity contribution in [3.8, 4) is 0 Å². The van der Waals surface area contributed by atoms with E-state index in [4.69, 9.17) is 0 Å².